The molecule has 0 heterocycles. The molecule has 0 saturated carbocycles. The third-order valence-corrected chi connectivity index (χ3v) is 6.07. The predicted octanol–water partition coefficient (Wildman–Crippen LogP) is 5.12. The van der Waals surface area contributed by atoms with Gasteiger partial charge in [-0.3, -0.25) is 4.79 Å². The van der Waals surface area contributed by atoms with Crippen LogP contribution in [0.4, 0.5) is 10.5 Å². The fourth-order valence-electron chi connectivity index (χ4n) is 4.24. The number of hydrogen-bond acceptors (Lipinski definition) is 4. The van der Waals surface area contributed by atoms with Gasteiger partial charge in [-0.1, -0.05) is 54.6 Å². The molecule has 178 valence electrons. The number of carboxylic acid groups (broad SMARTS) is 1. The highest BCUT2D eigenvalue weighted by Gasteiger charge is 2.28. The summed E-state index contributed by atoms with van der Waals surface area (Å²) in [6, 6.07) is 20.8. The van der Waals surface area contributed by atoms with Crippen molar-refractivity contribution >= 4 is 23.7 Å². The van der Waals surface area contributed by atoms with Gasteiger partial charge >= 0.3 is 12.1 Å². The molecule has 0 spiro atoms. The highest BCUT2D eigenvalue weighted by molar-refractivity contribution is 6.03. The first-order valence-electron chi connectivity index (χ1n) is 11.3. The number of aryl methyl sites for hydroxylation is 1. The molecule has 7 nitrogen and oxygen atoms in total. The largest absolute Gasteiger partial charge is 0.478 e. The molecule has 7 heteroatoms. The fourth-order valence-corrected chi connectivity index (χ4v) is 4.24. The van der Waals surface area contributed by atoms with Crippen molar-refractivity contribution in [1.29, 1.82) is 0 Å². The number of rotatable bonds is 7. The molecule has 0 radical (unpaired) electrons. The molecule has 3 aromatic carbocycles. The van der Waals surface area contributed by atoms with E-state index in [1.54, 1.807) is 26.0 Å². The second kappa shape index (κ2) is 10.3. The Kier molecular flexibility index (Phi) is 6.96. The number of benzene rings is 3. The number of fused-ring (bicyclic) bond motifs is 3. The van der Waals surface area contributed by atoms with Gasteiger partial charge in [0.2, 0.25) is 0 Å². The molecular weight excluding hydrogens is 444 g/mol. The molecule has 4 rings (SSSR count). The Bertz CT molecular complexity index is 1280. The Morgan fingerprint density at radius 3 is 2.20 bits per heavy atom. The zero-order valence-electron chi connectivity index (χ0n) is 19.5. The van der Waals surface area contributed by atoms with Crippen LogP contribution in [0.2, 0.25) is 0 Å². The van der Waals surface area contributed by atoms with Crippen molar-refractivity contribution in [2.45, 2.75) is 19.8 Å². The maximum Gasteiger partial charge on any atom is 0.407 e. The van der Waals surface area contributed by atoms with E-state index in [9.17, 15) is 14.4 Å². The Morgan fingerprint density at radius 2 is 1.60 bits per heavy atom. The molecule has 0 atom stereocenters. The van der Waals surface area contributed by atoms with Gasteiger partial charge in [0.15, 0.2) is 0 Å². The van der Waals surface area contributed by atoms with Crippen LogP contribution in [0.3, 0.4) is 0 Å². The third kappa shape index (κ3) is 5.24. The van der Waals surface area contributed by atoms with Gasteiger partial charge in [-0.05, 0) is 59.9 Å². The molecule has 0 bridgehead atoms. The summed E-state index contributed by atoms with van der Waals surface area (Å²) in [5.41, 5.74) is 6.24. The second-order valence-corrected chi connectivity index (χ2v) is 8.38. The van der Waals surface area contributed by atoms with Gasteiger partial charge in [0, 0.05) is 23.7 Å². The maximum absolute atomic E-state index is 12.4. The van der Waals surface area contributed by atoms with Gasteiger partial charge in [-0.2, -0.15) is 0 Å². The number of carboxylic acids is 1. The minimum atomic E-state index is -1.02. The molecule has 35 heavy (non-hydrogen) atoms. The fraction of sp³-hybridized carbons (Fsp3) is 0.179. The Labute approximate surface area is 203 Å². The summed E-state index contributed by atoms with van der Waals surface area (Å²) in [4.78, 5) is 35.8. The van der Waals surface area contributed by atoms with Crippen molar-refractivity contribution in [1.82, 2.24) is 5.32 Å². The zero-order chi connectivity index (χ0) is 24.9. The molecule has 1 aliphatic carbocycles. The summed E-state index contributed by atoms with van der Waals surface area (Å²) >= 11 is 0. The van der Waals surface area contributed by atoms with Crippen molar-refractivity contribution < 1.29 is 24.2 Å². The molecule has 0 aliphatic heterocycles. The first-order chi connectivity index (χ1) is 16.8. The van der Waals surface area contributed by atoms with E-state index in [0.29, 0.717) is 16.8 Å². The van der Waals surface area contributed by atoms with Crippen LogP contribution in [-0.4, -0.2) is 36.2 Å². The third-order valence-electron chi connectivity index (χ3n) is 6.07. The number of amides is 2. The topological polar surface area (TPSA) is 105 Å². The molecule has 0 aromatic heterocycles. The van der Waals surface area contributed by atoms with E-state index in [1.807, 2.05) is 24.3 Å². The van der Waals surface area contributed by atoms with Crippen molar-refractivity contribution in [2.75, 3.05) is 18.5 Å². The zero-order valence-corrected chi connectivity index (χ0v) is 19.5. The molecule has 0 fully saturated rings. The first kappa shape index (κ1) is 23.8. The average molecular weight is 471 g/mol. The number of aromatic carboxylic acids is 1. The monoisotopic (exact) mass is 470 g/mol. The molecule has 2 amide bonds. The number of ether oxygens (including phenoxy) is 1. The number of alkyl carbamates (subject to hydrolysis) is 1. The highest BCUT2D eigenvalue weighted by Crippen LogP contribution is 2.44. The number of anilines is 1. The summed E-state index contributed by atoms with van der Waals surface area (Å²) < 4.78 is 5.49. The second-order valence-electron chi connectivity index (χ2n) is 8.38. The lowest BCUT2D eigenvalue weighted by Crippen LogP contribution is -2.26. The number of nitrogens with one attached hydrogen (secondary N) is 2. The van der Waals surface area contributed by atoms with Crippen molar-refractivity contribution in [3.8, 4) is 11.1 Å². The van der Waals surface area contributed by atoms with Crippen LogP contribution in [0.25, 0.3) is 11.1 Å². The molecule has 1 aliphatic rings. The first-order valence-corrected chi connectivity index (χ1v) is 11.3. The summed E-state index contributed by atoms with van der Waals surface area (Å²) in [6.45, 7) is 3.65. The van der Waals surface area contributed by atoms with E-state index in [4.69, 9.17) is 9.84 Å². The van der Waals surface area contributed by atoms with Gasteiger partial charge in [-0.25, -0.2) is 9.59 Å². The van der Waals surface area contributed by atoms with Gasteiger partial charge in [0.1, 0.15) is 6.61 Å². The van der Waals surface area contributed by atoms with E-state index < -0.39 is 12.1 Å². The predicted molar refractivity (Wildman–Crippen MR) is 134 cm³/mol. The minimum Gasteiger partial charge on any atom is -0.478 e. The highest BCUT2D eigenvalue weighted by atomic mass is 16.5. The van der Waals surface area contributed by atoms with Crippen LogP contribution in [0.15, 0.2) is 78.4 Å². The van der Waals surface area contributed by atoms with E-state index in [2.05, 4.69) is 34.9 Å². The minimum absolute atomic E-state index is 0.0211. The van der Waals surface area contributed by atoms with E-state index >= 15 is 0 Å². The molecular formula is C28H26N2O5. The molecule has 3 N–H and O–H groups in total. The summed E-state index contributed by atoms with van der Waals surface area (Å²) in [5.74, 6) is -1.38. The Hall–Kier alpha value is -4.39. The lowest BCUT2D eigenvalue weighted by Gasteiger charge is -2.14. The number of carbonyl (C=O) groups excluding carboxylic acids is 2. The SMILES string of the molecule is C/C(=C\CNC(=O)OCC1c2ccccc2-c2ccccc21)C(=O)Nc1ccc(C(=O)O)c(C)c1. The Balaban J connectivity index is 1.29. The van der Waals surface area contributed by atoms with Crippen LogP contribution in [0, 0.1) is 6.92 Å². The van der Waals surface area contributed by atoms with Gasteiger partial charge in [0.25, 0.3) is 5.91 Å². The van der Waals surface area contributed by atoms with E-state index in [1.165, 1.54) is 12.1 Å². The van der Waals surface area contributed by atoms with Crippen LogP contribution >= 0.6 is 0 Å². The van der Waals surface area contributed by atoms with Crippen molar-refractivity contribution in [2.24, 2.45) is 0 Å². The molecule has 3 aromatic rings. The maximum atomic E-state index is 12.4. The summed E-state index contributed by atoms with van der Waals surface area (Å²) in [5, 5.41) is 14.5. The lowest BCUT2D eigenvalue weighted by molar-refractivity contribution is -0.112. The average Bonchev–Trinajstić information content (AvgIpc) is 3.16. The van der Waals surface area contributed by atoms with Crippen molar-refractivity contribution in [3.05, 3.63) is 101 Å². The standard InChI is InChI=1S/C28H26N2O5/c1-17(26(31)30-19-11-12-20(27(32)33)18(2)15-19)13-14-29-28(34)35-16-25-23-9-5-3-7-21(23)22-8-4-6-10-24(22)25/h3-13,15,25H,14,16H2,1-2H3,(H,29,34)(H,30,31)(H,32,33)/b17-13+. The molecule has 0 unspecified atom stereocenters. The van der Waals surface area contributed by atoms with Crippen LogP contribution in [0.1, 0.15) is 39.9 Å². The summed E-state index contributed by atoms with van der Waals surface area (Å²) in [6.07, 6.45) is 1.03. The van der Waals surface area contributed by atoms with Gasteiger partial charge in [0.05, 0.1) is 5.56 Å². The molecule has 0 saturated heterocycles. The lowest BCUT2D eigenvalue weighted by atomic mass is 9.98. The normalized spacial score (nSPS) is 12.5. The quantitative estimate of drug-likeness (QED) is 0.416. The van der Waals surface area contributed by atoms with Crippen LogP contribution in [-0.2, 0) is 9.53 Å². The van der Waals surface area contributed by atoms with E-state index in [0.717, 1.165) is 22.3 Å². The smallest absolute Gasteiger partial charge is 0.407 e. The number of carbonyl (C=O) groups is 3. The van der Waals surface area contributed by atoms with E-state index in [-0.39, 0.29) is 30.5 Å². The van der Waals surface area contributed by atoms with Crippen LogP contribution in [0.5, 0.6) is 0 Å². The van der Waals surface area contributed by atoms with Crippen molar-refractivity contribution in [3.63, 3.8) is 0 Å². The summed E-state index contributed by atoms with van der Waals surface area (Å²) in [7, 11) is 0. The van der Waals surface area contributed by atoms with Crippen LogP contribution < -0.4 is 10.6 Å². The van der Waals surface area contributed by atoms with Gasteiger partial charge < -0.3 is 20.5 Å². The Morgan fingerprint density at radius 1 is 0.971 bits per heavy atom. The van der Waals surface area contributed by atoms with Gasteiger partial charge in [-0.15, -0.1) is 0 Å². The number of hydrogen-bond donors (Lipinski definition) is 3.